The second-order valence-corrected chi connectivity index (χ2v) is 8.99. The molecule has 31 heavy (non-hydrogen) atoms. The normalized spacial score (nSPS) is 18.3. The number of hydrogen-bond donors (Lipinski definition) is 1. The number of Topliss-reactive ketones (excluding diaryl/α,β-unsaturated/α-hetero) is 1. The molecule has 3 aromatic rings. The first-order chi connectivity index (χ1) is 15.1. The van der Waals surface area contributed by atoms with E-state index in [0.717, 1.165) is 41.3 Å². The lowest BCUT2D eigenvalue weighted by Crippen LogP contribution is -2.41. The summed E-state index contributed by atoms with van der Waals surface area (Å²) in [5, 5.41) is 13.4. The largest absolute Gasteiger partial charge is 0.493 e. The molecule has 2 atom stereocenters. The van der Waals surface area contributed by atoms with Crippen LogP contribution in [0, 0.1) is 24.2 Å². The summed E-state index contributed by atoms with van der Waals surface area (Å²) in [4.78, 5) is 18.9. The van der Waals surface area contributed by atoms with Crippen molar-refractivity contribution in [3.8, 4) is 22.3 Å². The average molecular weight is 432 g/mol. The molecule has 0 bridgehead atoms. The first-order valence-corrected chi connectivity index (χ1v) is 11.4. The van der Waals surface area contributed by atoms with Gasteiger partial charge in [-0.15, -0.1) is 11.3 Å². The number of nitriles is 1. The van der Waals surface area contributed by atoms with Crippen LogP contribution in [0.5, 0.6) is 5.75 Å². The minimum atomic E-state index is -0.0304. The molecule has 0 aliphatic carbocycles. The van der Waals surface area contributed by atoms with Crippen LogP contribution in [0.2, 0.25) is 0 Å². The van der Waals surface area contributed by atoms with E-state index in [1.165, 1.54) is 0 Å². The summed E-state index contributed by atoms with van der Waals surface area (Å²) in [6.07, 6.45) is 2.42. The van der Waals surface area contributed by atoms with Crippen molar-refractivity contribution in [3.05, 3.63) is 70.9 Å². The summed E-state index contributed by atoms with van der Waals surface area (Å²) in [6, 6.07) is 19.6. The predicted molar refractivity (Wildman–Crippen MR) is 122 cm³/mol. The van der Waals surface area contributed by atoms with Crippen LogP contribution in [0.1, 0.15) is 40.3 Å². The summed E-state index contributed by atoms with van der Waals surface area (Å²) < 4.78 is 5.83. The van der Waals surface area contributed by atoms with Crippen LogP contribution >= 0.6 is 11.3 Å². The Bertz CT molecular complexity index is 1090. The summed E-state index contributed by atoms with van der Waals surface area (Å²) in [7, 11) is 0. The topological polar surface area (TPSA) is 75.0 Å². The van der Waals surface area contributed by atoms with E-state index in [2.05, 4.69) is 16.4 Å². The standard InChI is InChI=1S/C25H25N3O2S/c1-17-28-23(25(31-17)19-7-3-2-4-8-19)24(29)20-10-12-27-21(15-20)11-13-30-22-9-5-6-18(14-22)16-26/h2-9,14,20-21,27H,10-13,15H2,1H3. The van der Waals surface area contributed by atoms with Crippen molar-refractivity contribution < 1.29 is 9.53 Å². The number of nitrogens with one attached hydrogen (secondary N) is 1. The van der Waals surface area contributed by atoms with Crippen molar-refractivity contribution in [1.29, 1.82) is 5.26 Å². The number of hydrogen-bond acceptors (Lipinski definition) is 6. The minimum absolute atomic E-state index is 0.0304. The van der Waals surface area contributed by atoms with E-state index in [1.807, 2.05) is 49.4 Å². The van der Waals surface area contributed by atoms with Crippen molar-refractivity contribution >= 4 is 17.1 Å². The molecule has 0 spiro atoms. The number of piperidine rings is 1. The van der Waals surface area contributed by atoms with E-state index in [9.17, 15) is 4.79 Å². The molecule has 5 nitrogen and oxygen atoms in total. The molecule has 0 saturated carbocycles. The number of ketones is 1. The second kappa shape index (κ2) is 9.86. The van der Waals surface area contributed by atoms with Crippen molar-refractivity contribution in [1.82, 2.24) is 10.3 Å². The molecule has 1 aliphatic rings. The number of thiazole rings is 1. The van der Waals surface area contributed by atoms with E-state index < -0.39 is 0 Å². The number of nitrogens with zero attached hydrogens (tertiary/aromatic N) is 2. The first-order valence-electron chi connectivity index (χ1n) is 10.6. The highest BCUT2D eigenvalue weighted by Crippen LogP contribution is 2.33. The van der Waals surface area contributed by atoms with E-state index >= 15 is 0 Å². The average Bonchev–Trinajstić information content (AvgIpc) is 3.21. The van der Waals surface area contributed by atoms with E-state index in [-0.39, 0.29) is 17.7 Å². The summed E-state index contributed by atoms with van der Waals surface area (Å²) >= 11 is 1.58. The van der Waals surface area contributed by atoms with Gasteiger partial charge >= 0.3 is 0 Å². The van der Waals surface area contributed by atoms with Gasteiger partial charge in [0.25, 0.3) is 0 Å². The smallest absolute Gasteiger partial charge is 0.185 e. The Morgan fingerprint density at radius 2 is 2.10 bits per heavy atom. The third-order valence-electron chi connectivity index (χ3n) is 5.57. The maximum atomic E-state index is 13.4. The van der Waals surface area contributed by atoms with Gasteiger partial charge in [-0.05, 0) is 56.5 Å². The molecule has 1 saturated heterocycles. The summed E-state index contributed by atoms with van der Waals surface area (Å²) in [5.74, 6) is 0.822. The van der Waals surface area contributed by atoms with Crippen LogP contribution in [0.25, 0.3) is 10.4 Å². The molecule has 158 valence electrons. The van der Waals surface area contributed by atoms with Crippen LogP contribution in [-0.4, -0.2) is 30.0 Å². The van der Waals surface area contributed by atoms with Gasteiger partial charge in [-0.1, -0.05) is 36.4 Å². The Morgan fingerprint density at radius 1 is 1.26 bits per heavy atom. The van der Waals surface area contributed by atoms with Crippen molar-refractivity contribution in [2.75, 3.05) is 13.2 Å². The quantitative estimate of drug-likeness (QED) is 0.532. The van der Waals surface area contributed by atoms with Crippen LogP contribution < -0.4 is 10.1 Å². The van der Waals surface area contributed by atoms with Crippen molar-refractivity contribution in [3.63, 3.8) is 0 Å². The maximum Gasteiger partial charge on any atom is 0.185 e. The Labute approximate surface area is 186 Å². The fourth-order valence-corrected chi connectivity index (χ4v) is 4.94. The number of rotatable bonds is 7. The van der Waals surface area contributed by atoms with E-state index in [0.29, 0.717) is 23.6 Å². The number of ether oxygens (including phenoxy) is 1. The van der Waals surface area contributed by atoms with Crippen molar-refractivity contribution in [2.45, 2.75) is 32.2 Å². The molecule has 2 aromatic carbocycles. The number of aromatic nitrogens is 1. The predicted octanol–water partition coefficient (Wildman–Crippen LogP) is 5.01. The number of carbonyl (C=O) groups excluding carboxylic acids is 1. The van der Waals surface area contributed by atoms with Crippen LogP contribution in [0.3, 0.4) is 0 Å². The third kappa shape index (κ3) is 5.19. The monoisotopic (exact) mass is 431 g/mol. The molecule has 0 amide bonds. The van der Waals surface area contributed by atoms with Gasteiger partial charge in [0.15, 0.2) is 5.78 Å². The van der Waals surface area contributed by atoms with Crippen LogP contribution in [-0.2, 0) is 0 Å². The highest BCUT2D eigenvalue weighted by molar-refractivity contribution is 7.15. The fourth-order valence-electron chi connectivity index (χ4n) is 4.01. The third-order valence-corrected chi connectivity index (χ3v) is 6.59. The van der Waals surface area contributed by atoms with E-state index in [1.54, 1.807) is 23.5 Å². The highest BCUT2D eigenvalue weighted by Gasteiger charge is 2.30. The minimum Gasteiger partial charge on any atom is -0.493 e. The zero-order valence-corrected chi connectivity index (χ0v) is 18.3. The molecule has 6 heteroatoms. The van der Waals surface area contributed by atoms with Gasteiger partial charge in [0.05, 0.1) is 28.1 Å². The highest BCUT2D eigenvalue weighted by atomic mass is 32.1. The lowest BCUT2D eigenvalue weighted by Gasteiger charge is -2.29. The Morgan fingerprint density at radius 3 is 2.90 bits per heavy atom. The Hall–Kier alpha value is -3.01. The first kappa shape index (κ1) is 21.2. The Balaban J connectivity index is 1.39. The molecule has 4 rings (SSSR count). The zero-order chi connectivity index (χ0) is 21.6. The van der Waals surface area contributed by atoms with Gasteiger partial charge in [-0.3, -0.25) is 4.79 Å². The number of carbonyl (C=O) groups is 1. The molecule has 1 fully saturated rings. The van der Waals surface area contributed by atoms with Crippen molar-refractivity contribution in [2.24, 2.45) is 5.92 Å². The summed E-state index contributed by atoms with van der Waals surface area (Å²) in [5.41, 5.74) is 2.26. The van der Waals surface area contributed by atoms with Crippen LogP contribution in [0.15, 0.2) is 54.6 Å². The van der Waals surface area contributed by atoms with Gasteiger partial charge in [0.1, 0.15) is 11.4 Å². The Kier molecular flexibility index (Phi) is 6.76. The molecule has 1 N–H and O–H groups in total. The molecule has 1 aromatic heterocycles. The second-order valence-electron chi connectivity index (χ2n) is 7.79. The SMILES string of the molecule is Cc1nc(C(=O)C2CCNC(CCOc3cccc(C#N)c3)C2)c(-c2ccccc2)s1. The molecular weight excluding hydrogens is 406 g/mol. The zero-order valence-electron chi connectivity index (χ0n) is 17.5. The van der Waals surface area contributed by atoms with Gasteiger partial charge in [-0.2, -0.15) is 5.26 Å². The van der Waals surface area contributed by atoms with Gasteiger partial charge < -0.3 is 10.1 Å². The van der Waals surface area contributed by atoms with Crippen LogP contribution in [0.4, 0.5) is 0 Å². The van der Waals surface area contributed by atoms with Gasteiger partial charge in [0, 0.05) is 12.0 Å². The maximum absolute atomic E-state index is 13.4. The fraction of sp³-hybridized carbons (Fsp3) is 0.320. The van der Waals surface area contributed by atoms with E-state index in [4.69, 9.17) is 10.00 Å². The molecule has 2 heterocycles. The lowest BCUT2D eigenvalue weighted by atomic mass is 9.86. The molecular formula is C25H25N3O2S. The number of benzene rings is 2. The molecule has 2 unspecified atom stereocenters. The molecule has 1 aliphatic heterocycles. The molecule has 0 radical (unpaired) electrons. The summed E-state index contributed by atoms with van der Waals surface area (Å²) in [6.45, 7) is 3.31. The number of aryl methyl sites for hydroxylation is 1. The van der Waals surface area contributed by atoms with Gasteiger partial charge in [-0.25, -0.2) is 4.98 Å². The lowest BCUT2D eigenvalue weighted by molar-refractivity contribution is 0.0868. The van der Waals surface area contributed by atoms with Gasteiger partial charge in [0.2, 0.25) is 0 Å².